The molecule has 1 aromatic heterocycles. The van der Waals surface area contributed by atoms with Crippen molar-refractivity contribution in [2.45, 2.75) is 38.5 Å². The monoisotopic (exact) mass is 880 g/mol. The van der Waals surface area contributed by atoms with E-state index in [0.717, 1.165) is 33.8 Å². The maximum Gasteiger partial charge on any atom is 0.235 e. The Morgan fingerprint density at radius 1 is 0.635 bits per heavy atom. The summed E-state index contributed by atoms with van der Waals surface area (Å²) in [5.74, 6) is 3.18. The van der Waals surface area contributed by atoms with Crippen molar-refractivity contribution in [2.24, 2.45) is 15.0 Å². The van der Waals surface area contributed by atoms with Gasteiger partial charge in [0.25, 0.3) is 0 Å². The largest absolute Gasteiger partial charge is 0.478 e. The number of aliphatic hydroxyl groups is 1. The number of rotatable bonds is 21. The zero-order valence-corrected chi connectivity index (χ0v) is 37.6. The van der Waals surface area contributed by atoms with Gasteiger partial charge >= 0.3 is 0 Å². The Morgan fingerprint density at radius 3 is 1.68 bits per heavy atom. The summed E-state index contributed by atoms with van der Waals surface area (Å²) in [4.78, 5) is 39.4. The lowest BCUT2D eigenvalue weighted by Gasteiger charge is -2.34. The second-order valence-electron chi connectivity index (χ2n) is 15.3. The van der Waals surface area contributed by atoms with E-state index in [9.17, 15) is 5.11 Å². The topological polar surface area (TPSA) is 198 Å². The number of nitrogens with zero attached hydrogens (tertiary/aromatic N) is 12. The molecule has 1 N–H and O–H groups in total. The molecule has 3 aromatic rings. The summed E-state index contributed by atoms with van der Waals surface area (Å²) in [7, 11) is 11.1. The van der Waals surface area contributed by atoms with Gasteiger partial charge in [0.1, 0.15) is 78.2 Å². The maximum absolute atomic E-state index is 10.1. The average molecular weight is 881 g/mol. The molecule has 63 heavy (non-hydrogen) atoms. The van der Waals surface area contributed by atoms with Crippen LogP contribution in [0.1, 0.15) is 36.1 Å². The molecular weight excluding hydrogens is 821 g/mol. The van der Waals surface area contributed by atoms with Crippen LogP contribution in [0.2, 0.25) is 0 Å². The standard InChI is InChI=1S/C41H60N12O10/c1-41(2,32-11-13-34-30(15-32)18-49(28-63-34)38-45-39(50(19-54)20-55-3)47-40(46-38)53(25-60-8)26-61-9)31-10-12-33-29(14-31)17-48(27-62-33)35-16-42-36(51(21-56-4)22-57-5)44-37(43-35)52(23-58-6)24-59-7/h10-16,35,54H,17-28H2,1-9H3. The third kappa shape index (κ3) is 11.3. The fourth-order valence-corrected chi connectivity index (χ4v) is 7.14. The Morgan fingerprint density at radius 2 is 1.13 bits per heavy atom. The van der Waals surface area contributed by atoms with Crippen LogP contribution >= 0.6 is 0 Å². The Balaban J connectivity index is 1.26. The second-order valence-corrected chi connectivity index (χ2v) is 15.3. The number of guanidine groups is 2. The summed E-state index contributed by atoms with van der Waals surface area (Å²) in [6.45, 7) is 6.64. The van der Waals surface area contributed by atoms with Crippen LogP contribution < -0.4 is 24.2 Å². The smallest absolute Gasteiger partial charge is 0.235 e. The van der Waals surface area contributed by atoms with Crippen molar-refractivity contribution in [2.75, 3.05) is 132 Å². The fraction of sp³-hybridized carbons (Fsp3) is 0.561. The van der Waals surface area contributed by atoms with Gasteiger partial charge in [0.05, 0.1) is 6.54 Å². The van der Waals surface area contributed by atoms with Crippen molar-refractivity contribution in [3.8, 4) is 11.5 Å². The van der Waals surface area contributed by atoms with E-state index in [1.54, 1.807) is 63.6 Å². The normalized spacial score (nSPS) is 16.3. The van der Waals surface area contributed by atoms with Crippen LogP contribution in [0.3, 0.4) is 0 Å². The van der Waals surface area contributed by atoms with Crippen molar-refractivity contribution < 1.29 is 47.7 Å². The van der Waals surface area contributed by atoms with E-state index in [4.69, 9.17) is 67.6 Å². The number of aliphatic imine (C=N–C) groups is 3. The number of methoxy groups -OCH3 is 7. The van der Waals surface area contributed by atoms with Crippen LogP contribution in [0.4, 0.5) is 17.8 Å². The van der Waals surface area contributed by atoms with Crippen LogP contribution in [0.25, 0.3) is 0 Å². The van der Waals surface area contributed by atoms with Gasteiger partial charge in [0.15, 0.2) is 6.73 Å². The lowest BCUT2D eigenvalue weighted by molar-refractivity contribution is 0.0276. The molecule has 0 amide bonds. The highest BCUT2D eigenvalue weighted by Gasteiger charge is 2.32. The quantitative estimate of drug-likeness (QED) is 0.153. The van der Waals surface area contributed by atoms with Gasteiger partial charge in [-0.05, 0) is 35.4 Å². The molecule has 0 bridgehead atoms. The van der Waals surface area contributed by atoms with E-state index in [0.29, 0.717) is 36.9 Å². The van der Waals surface area contributed by atoms with Crippen molar-refractivity contribution in [3.63, 3.8) is 0 Å². The van der Waals surface area contributed by atoms with Crippen molar-refractivity contribution in [1.29, 1.82) is 0 Å². The molecule has 4 heterocycles. The van der Waals surface area contributed by atoms with Crippen molar-refractivity contribution in [3.05, 3.63) is 58.7 Å². The van der Waals surface area contributed by atoms with Gasteiger partial charge in [-0.1, -0.05) is 26.0 Å². The first-order chi connectivity index (χ1) is 30.6. The molecule has 0 spiro atoms. The predicted molar refractivity (Wildman–Crippen MR) is 234 cm³/mol. The Kier molecular flexibility index (Phi) is 16.7. The molecule has 0 saturated heterocycles. The van der Waals surface area contributed by atoms with Gasteiger partial charge in [-0.3, -0.25) is 19.6 Å². The minimum Gasteiger partial charge on any atom is -0.478 e. The van der Waals surface area contributed by atoms with Gasteiger partial charge in [-0.15, -0.1) is 0 Å². The average Bonchev–Trinajstić information content (AvgIpc) is 3.53. The zero-order valence-electron chi connectivity index (χ0n) is 37.6. The maximum atomic E-state index is 10.1. The highest BCUT2D eigenvalue weighted by molar-refractivity contribution is 6.00. The predicted octanol–water partition coefficient (Wildman–Crippen LogP) is 2.22. The molecule has 3 aliphatic heterocycles. The summed E-state index contributed by atoms with van der Waals surface area (Å²) in [6, 6.07) is 12.6. The number of benzene rings is 2. The van der Waals surface area contributed by atoms with Crippen molar-refractivity contribution in [1.82, 2.24) is 29.7 Å². The molecule has 22 heteroatoms. The molecule has 344 valence electrons. The van der Waals surface area contributed by atoms with E-state index in [-0.39, 0.29) is 73.3 Å². The number of aliphatic hydroxyl groups excluding tert-OH is 1. The van der Waals surface area contributed by atoms with Crippen LogP contribution in [-0.2, 0) is 51.7 Å². The van der Waals surface area contributed by atoms with Gasteiger partial charge in [-0.2, -0.15) is 19.9 Å². The highest BCUT2D eigenvalue weighted by Crippen LogP contribution is 2.39. The van der Waals surface area contributed by atoms with E-state index < -0.39 is 11.6 Å². The van der Waals surface area contributed by atoms with Crippen LogP contribution in [0.15, 0.2) is 51.4 Å². The molecular formula is C41H60N12O10. The summed E-state index contributed by atoms with van der Waals surface area (Å²) in [5.41, 5.74) is 3.70. The second kappa shape index (κ2) is 22.4. The fourth-order valence-electron chi connectivity index (χ4n) is 7.14. The summed E-state index contributed by atoms with van der Waals surface area (Å²) < 4.78 is 50.5. The lowest BCUT2D eigenvalue weighted by Crippen LogP contribution is -2.42. The lowest BCUT2D eigenvalue weighted by atomic mass is 9.77. The molecule has 1 unspecified atom stereocenters. The van der Waals surface area contributed by atoms with E-state index in [1.807, 2.05) is 17.0 Å². The Labute approximate surface area is 368 Å². The van der Waals surface area contributed by atoms with Gasteiger partial charge < -0.3 is 52.6 Å². The van der Waals surface area contributed by atoms with Gasteiger partial charge in [0, 0.05) is 79.1 Å². The third-order valence-electron chi connectivity index (χ3n) is 10.4. The first-order valence-electron chi connectivity index (χ1n) is 20.1. The Hall–Kier alpha value is -5.30. The van der Waals surface area contributed by atoms with Crippen LogP contribution in [-0.4, -0.2) is 176 Å². The molecule has 0 fully saturated rings. The molecule has 1 atom stereocenters. The highest BCUT2D eigenvalue weighted by atomic mass is 16.5. The molecule has 2 aromatic carbocycles. The SMILES string of the molecule is COCN(COC)C1=NC(N(COC)COC)=NC(N2COc3ccc(C(C)(C)c4ccc5c(c4)CN(c4nc(N(CO)COC)nc(N(COC)COC)n4)CO5)cc3C2)C=N1. The number of ether oxygens (including phenoxy) is 9. The Bertz CT molecular complexity index is 2040. The van der Waals surface area contributed by atoms with Crippen molar-refractivity contribution >= 4 is 36.0 Å². The van der Waals surface area contributed by atoms with Gasteiger partial charge in [0.2, 0.25) is 29.8 Å². The molecule has 6 rings (SSSR count). The molecule has 0 aliphatic carbocycles. The summed E-state index contributed by atoms with van der Waals surface area (Å²) >= 11 is 0. The first-order valence-corrected chi connectivity index (χ1v) is 20.1. The number of hydrogen-bond donors (Lipinski definition) is 1. The molecule has 0 radical (unpaired) electrons. The van der Waals surface area contributed by atoms with E-state index >= 15 is 0 Å². The number of fused-ring (bicyclic) bond motifs is 2. The minimum atomic E-state index is -0.538. The number of anilines is 3. The summed E-state index contributed by atoms with van der Waals surface area (Å²) in [6.07, 6.45) is 1.21. The van der Waals surface area contributed by atoms with Crippen LogP contribution in [0.5, 0.6) is 11.5 Å². The zero-order chi connectivity index (χ0) is 44.9. The van der Waals surface area contributed by atoms with Crippen LogP contribution in [0, 0.1) is 0 Å². The number of aromatic nitrogens is 3. The third-order valence-corrected chi connectivity index (χ3v) is 10.4. The number of hydrogen-bond acceptors (Lipinski definition) is 22. The minimum absolute atomic E-state index is 0.0596. The summed E-state index contributed by atoms with van der Waals surface area (Å²) in [5, 5.41) is 10.1. The van der Waals surface area contributed by atoms with E-state index in [2.05, 4.69) is 48.0 Å². The molecule has 22 nitrogen and oxygen atoms in total. The first kappa shape index (κ1) is 47.2. The molecule has 3 aliphatic rings. The van der Waals surface area contributed by atoms with Gasteiger partial charge in [-0.25, -0.2) is 14.9 Å². The molecule has 0 saturated carbocycles. The van der Waals surface area contributed by atoms with E-state index in [1.165, 1.54) is 12.0 Å².